The van der Waals surface area contributed by atoms with Gasteiger partial charge in [-0.05, 0) is 30.7 Å². The molecule has 0 bridgehead atoms. The van der Waals surface area contributed by atoms with Crippen LogP contribution in [0.2, 0.25) is 0 Å². The number of methoxy groups -OCH3 is 1. The molecule has 2 aromatic rings. The molecule has 0 aliphatic carbocycles. The zero-order chi connectivity index (χ0) is 12.4. The largest absolute Gasteiger partial charge is 0.496 e. The molecule has 0 saturated carbocycles. The summed E-state index contributed by atoms with van der Waals surface area (Å²) < 4.78 is 6.49. The van der Waals surface area contributed by atoms with Crippen LogP contribution in [0.15, 0.2) is 40.9 Å². The van der Waals surface area contributed by atoms with E-state index in [1.54, 1.807) is 7.11 Å². The molecule has 0 saturated heterocycles. The zero-order valence-electron chi connectivity index (χ0n) is 9.83. The summed E-state index contributed by atoms with van der Waals surface area (Å²) in [5.41, 5.74) is 9.85. The highest BCUT2D eigenvalue weighted by molar-refractivity contribution is 9.10. The van der Waals surface area contributed by atoms with Gasteiger partial charge in [-0.25, -0.2) is 0 Å². The number of para-hydroxylation sites is 1. The first-order valence-electron chi connectivity index (χ1n) is 5.32. The van der Waals surface area contributed by atoms with Gasteiger partial charge in [0.2, 0.25) is 0 Å². The van der Waals surface area contributed by atoms with Gasteiger partial charge in [0.05, 0.1) is 7.11 Å². The lowest BCUT2D eigenvalue weighted by Crippen LogP contribution is -1.95. The van der Waals surface area contributed by atoms with E-state index in [0.29, 0.717) is 0 Å². The number of nitrogens with two attached hydrogens (primary N) is 1. The molecule has 0 aliphatic heterocycles. The molecule has 2 rings (SSSR count). The quantitative estimate of drug-likeness (QED) is 0.849. The lowest BCUT2D eigenvalue weighted by atomic mass is 10.0. The smallest absolute Gasteiger partial charge is 0.129 e. The summed E-state index contributed by atoms with van der Waals surface area (Å²) in [7, 11) is 1.68. The number of halogens is 1. The van der Waals surface area contributed by atoms with E-state index in [2.05, 4.69) is 15.9 Å². The topological polar surface area (TPSA) is 35.2 Å². The maximum Gasteiger partial charge on any atom is 0.129 e. The summed E-state index contributed by atoms with van der Waals surface area (Å²) in [6.07, 6.45) is 0. The molecule has 3 heteroatoms. The Hall–Kier alpha value is -1.48. The van der Waals surface area contributed by atoms with Gasteiger partial charge < -0.3 is 10.5 Å². The average Bonchev–Trinajstić information content (AvgIpc) is 2.28. The summed E-state index contributed by atoms with van der Waals surface area (Å²) in [6, 6.07) is 11.8. The maximum atomic E-state index is 6.01. The first-order valence-corrected chi connectivity index (χ1v) is 6.12. The molecule has 0 fully saturated rings. The van der Waals surface area contributed by atoms with Crippen molar-refractivity contribution in [1.82, 2.24) is 0 Å². The van der Waals surface area contributed by atoms with Gasteiger partial charge >= 0.3 is 0 Å². The SMILES string of the molecule is COc1c(C)cc(Br)cc1-c1ccccc1N. The standard InChI is InChI=1S/C14H14BrNO/c1-9-7-10(15)8-12(14(9)17-2)11-5-3-4-6-13(11)16/h3-8H,16H2,1-2H3. The molecule has 17 heavy (non-hydrogen) atoms. The van der Waals surface area contributed by atoms with Crippen molar-refractivity contribution < 1.29 is 4.74 Å². The Balaban J connectivity index is 2.70. The minimum atomic E-state index is 0.753. The van der Waals surface area contributed by atoms with Crippen molar-refractivity contribution in [3.8, 4) is 16.9 Å². The molecule has 2 nitrogen and oxygen atoms in total. The van der Waals surface area contributed by atoms with Gasteiger partial charge in [-0.2, -0.15) is 0 Å². The molecule has 0 radical (unpaired) electrons. The van der Waals surface area contributed by atoms with Crippen molar-refractivity contribution in [3.63, 3.8) is 0 Å². The lowest BCUT2D eigenvalue weighted by Gasteiger charge is -2.14. The number of hydrogen-bond donors (Lipinski definition) is 1. The van der Waals surface area contributed by atoms with Crippen molar-refractivity contribution >= 4 is 21.6 Å². The number of ether oxygens (including phenoxy) is 1. The van der Waals surface area contributed by atoms with Crippen molar-refractivity contribution in [2.45, 2.75) is 6.92 Å². The van der Waals surface area contributed by atoms with Crippen LogP contribution in [0.1, 0.15) is 5.56 Å². The van der Waals surface area contributed by atoms with Gasteiger partial charge in [-0.15, -0.1) is 0 Å². The van der Waals surface area contributed by atoms with Crippen molar-refractivity contribution in [3.05, 3.63) is 46.4 Å². The monoisotopic (exact) mass is 291 g/mol. The number of aryl methyl sites for hydroxylation is 1. The predicted octanol–water partition coefficient (Wildman–Crippen LogP) is 4.02. The number of benzene rings is 2. The Morgan fingerprint density at radius 3 is 2.47 bits per heavy atom. The first kappa shape index (κ1) is 12.0. The van der Waals surface area contributed by atoms with Gasteiger partial charge in [0.1, 0.15) is 5.75 Å². The summed E-state index contributed by atoms with van der Waals surface area (Å²) in [4.78, 5) is 0. The van der Waals surface area contributed by atoms with Crippen LogP contribution in [0.3, 0.4) is 0 Å². The van der Waals surface area contributed by atoms with E-state index >= 15 is 0 Å². The highest BCUT2D eigenvalue weighted by Crippen LogP contribution is 2.38. The molecular weight excluding hydrogens is 278 g/mol. The van der Waals surface area contributed by atoms with E-state index in [9.17, 15) is 0 Å². The minimum absolute atomic E-state index is 0.753. The third-order valence-electron chi connectivity index (χ3n) is 2.69. The second kappa shape index (κ2) is 4.80. The van der Waals surface area contributed by atoms with Crippen molar-refractivity contribution in [2.24, 2.45) is 0 Å². The molecule has 0 heterocycles. The van der Waals surface area contributed by atoms with Gasteiger partial charge in [0.15, 0.2) is 0 Å². The molecule has 0 amide bonds. The molecular formula is C14H14BrNO. The van der Waals surface area contributed by atoms with Crippen LogP contribution in [0.4, 0.5) is 5.69 Å². The van der Waals surface area contributed by atoms with Gasteiger partial charge in [0, 0.05) is 21.3 Å². The van der Waals surface area contributed by atoms with Gasteiger partial charge in [-0.3, -0.25) is 0 Å². The fourth-order valence-corrected chi connectivity index (χ4v) is 2.52. The minimum Gasteiger partial charge on any atom is -0.496 e. The Bertz CT molecular complexity index is 552. The van der Waals surface area contributed by atoms with Crippen LogP contribution >= 0.6 is 15.9 Å². The molecule has 2 N–H and O–H groups in total. The molecule has 0 spiro atoms. The normalized spacial score (nSPS) is 10.3. The number of anilines is 1. The van der Waals surface area contributed by atoms with Crippen LogP contribution in [-0.2, 0) is 0 Å². The average molecular weight is 292 g/mol. The fourth-order valence-electron chi connectivity index (χ4n) is 1.94. The highest BCUT2D eigenvalue weighted by atomic mass is 79.9. The Morgan fingerprint density at radius 2 is 1.82 bits per heavy atom. The van der Waals surface area contributed by atoms with Gasteiger partial charge in [-0.1, -0.05) is 34.1 Å². The molecule has 0 unspecified atom stereocenters. The van der Waals surface area contributed by atoms with E-state index in [0.717, 1.165) is 32.6 Å². The van der Waals surface area contributed by atoms with E-state index in [-0.39, 0.29) is 0 Å². The van der Waals surface area contributed by atoms with E-state index in [1.807, 2.05) is 43.3 Å². The number of nitrogen functional groups attached to an aromatic ring is 1. The van der Waals surface area contributed by atoms with Crippen LogP contribution in [0.5, 0.6) is 5.75 Å². The zero-order valence-corrected chi connectivity index (χ0v) is 11.4. The van der Waals surface area contributed by atoms with E-state index < -0.39 is 0 Å². The second-order valence-electron chi connectivity index (χ2n) is 3.89. The summed E-state index contributed by atoms with van der Waals surface area (Å²) in [5.74, 6) is 0.867. The first-order chi connectivity index (χ1) is 8.13. The maximum absolute atomic E-state index is 6.01. The van der Waals surface area contributed by atoms with Crippen molar-refractivity contribution in [2.75, 3.05) is 12.8 Å². The molecule has 0 aliphatic rings. The predicted molar refractivity (Wildman–Crippen MR) is 75.3 cm³/mol. The van der Waals surface area contributed by atoms with Crippen LogP contribution in [0.25, 0.3) is 11.1 Å². The Labute approximate surface area is 110 Å². The van der Waals surface area contributed by atoms with Crippen LogP contribution in [0, 0.1) is 6.92 Å². The third kappa shape index (κ3) is 2.29. The Morgan fingerprint density at radius 1 is 1.12 bits per heavy atom. The fraction of sp³-hybridized carbons (Fsp3) is 0.143. The second-order valence-corrected chi connectivity index (χ2v) is 4.81. The molecule has 2 aromatic carbocycles. The van der Waals surface area contributed by atoms with Gasteiger partial charge in [0.25, 0.3) is 0 Å². The lowest BCUT2D eigenvalue weighted by molar-refractivity contribution is 0.413. The van der Waals surface area contributed by atoms with E-state index in [4.69, 9.17) is 10.5 Å². The third-order valence-corrected chi connectivity index (χ3v) is 3.15. The van der Waals surface area contributed by atoms with Crippen molar-refractivity contribution in [1.29, 1.82) is 0 Å². The number of hydrogen-bond acceptors (Lipinski definition) is 2. The Kier molecular flexibility index (Phi) is 3.38. The van der Waals surface area contributed by atoms with Crippen LogP contribution < -0.4 is 10.5 Å². The summed E-state index contributed by atoms with van der Waals surface area (Å²) in [5, 5.41) is 0. The number of rotatable bonds is 2. The molecule has 0 atom stereocenters. The summed E-state index contributed by atoms with van der Waals surface area (Å²) >= 11 is 3.50. The van der Waals surface area contributed by atoms with Crippen LogP contribution in [-0.4, -0.2) is 7.11 Å². The van der Waals surface area contributed by atoms with E-state index in [1.165, 1.54) is 0 Å². The highest BCUT2D eigenvalue weighted by Gasteiger charge is 2.11. The molecule has 0 aromatic heterocycles. The molecule has 88 valence electrons. The summed E-state index contributed by atoms with van der Waals surface area (Å²) in [6.45, 7) is 2.02.